The molecule has 0 heterocycles. The van der Waals surface area contributed by atoms with Crippen molar-refractivity contribution in [2.45, 2.75) is 44.3 Å². The molecule has 0 spiro atoms. The fraction of sp³-hybridized carbons (Fsp3) is 0.833. The molecule has 4 N–H and O–H groups in total. The van der Waals surface area contributed by atoms with Crippen molar-refractivity contribution in [2.75, 3.05) is 12.8 Å². The quantitative estimate of drug-likeness (QED) is 0.296. The Labute approximate surface area is 113 Å². The zero-order valence-corrected chi connectivity index (χ0v) is 12.1. The summed E-state index contributed by atoms with van der Waals surface area (Å²) in [5.74, 6) is -0.199. The molecule has 0 aromatic heterocycles. The number of thioether (sulfide) groups is 1. The lowest BCUT2D eigenvalue weighted by atomic mass is 9.82. The molecule has 1 fully saturated rings. The zero-order chi connectivity index (χ0) is 13.8. The van der Waals surface area contributed by atoms with Gasteiger partial charge in [0, 0.05) is 11.3 Å². The van der Waals surface area contributed by atoms with Gasteiger partial charge in [-0.1, -0.05) is 18.5 Å². The summed E-state index contributed by atoms with van der Waals surface area (Å²) in [5, 5.41) is 14.7. The van der Waals surface area contributed by atoms with Crippen LogP contribution in [0.15, 0.2) is 5.16 Å². The lowest BCUT2D eigenvalue weighted by molar-refractivity contribution is -0.127. The standard InChI is InChI=1S/C12H23N3O2S/c1-4-11(2,9(13)15-17)10(16)14-8-12(18-3)6-5-7-12/h17H,4-8H2,1-3H3,(H2,13,15)(H,14,16). The Hall–Kier alpha value is -0.910. The molecule has 1 saturated carbocycles. The first-order valence-electron chi connectivity index (χ1n) is 6.25. The van der Waals surface area contributed by atoms with Crippen molar-refractivity contribution in [2.24, 2.45) is 16.3 Å². The summed E-state index contributed by atoms with van der Waals surface area (Å²) in [6.07, 6.45) is 6.08. The Morgan fingerprint density at radius 3 is 2.56 bits per heavy atom. The van der Waals surface area contributed by atoms with Crippen LogP contribution in [-0.2, 0) is 4.79 Å². The Kier molecular flexibility index (Phi) is 4.90. The first-order chi connectivity index (χ1) is 8.44. The van der Waals surface area contributed by atoms with Crippen LogP contribution in [0.2, 0.25) is 0 Å². The molecule has 104 valence electrons. The Morgan fingerprint density at radius 1 is 1.61 bits per heavy atom. The van der Waals surface area contributed by atoms with Crippen molar-refractivity contribution in [3.05, 3.63) is 0 Å². The molecule has 0 aromatic rings. The number of hydrogen-bond acceptors (Lipinski definition) is 4. The van der Waals surface area contributed by atoms with Gasteiger partial charge in [0.2, 0.25) is 5.91 Å². The van der Waals surface area contributed by atoms with Crippen molar-refractivity contribution in [3.8, 4) is 0 Å². The predicted molar refractivity (Wildman–Crippen MR) is 74.9 cm³/mol. The number of nitrogens with two attached hydrogens (primary N) is 1. The average Bonchev–Trinajstić information content (AvgIpc) is 2.35. The number of rotatable bonds is 6. The van der Waals surface area contributed by atoms with Gasteiger partial charge in [-0.25, -0.2) is 0 Å². The summed E-state index contributed by atoms with van der Waals surface area (Å²) in [5.41, 5.74) is 4.68. The second-order valence-corrected chi connectivity index (χ2v) is 6.37. The minimum absolute atomic E-state index is 0.0330. The van der Waals surface area contributed by atoms with Gasteiger partial charge < -0.3 is 16.3 Å². The van der Waals surface area contributed by atoms with Crippen LogP contribution in [-0.4, -0.2) is 34.5 Å². The molecular formula is C12H23N3O2S. The highest BCUT2D eigenvalue weighted by molar-refractivity contribution is 8.00. The van der Waals surface area contributed by atoms with Crippen molar-refractivity contribution in [1.29, 1.82) is 0 Å². The van der Waals surface area contributed by atoms with Crippen LogP contribution >= 0.6 is 11.8 Å². The summed E-state index contributed by atoms with van der Waals surface area (Å²) in [7, 11) is 0. The highest BCUT2D eigenvalue weighted by Gasteiger charge is 2.40. The van der Waals surface area contributed by atoms with E-state index in [0.717, 1.165) is 12.8 Å². The SMILES string of the molecule is CCC(C)(C(=O)NCC1(SC)CCC1)C(N)=NO. The van der Waals surface area contributed by atoms with Gasteiger partial charge in [-0.2, -0.15) is 11.8 Å². The van der Waals surface area contributed by atoms with Gasteiger partial charge in [0.15, 0.2) is 5.84 Å². The van der Waals surface area contributed by atoms with Crippen molar-refractivity contribution in [3.63, 3.8) is 0 Å². The van der Waals surface area contributed by atoms with E-state index in [-0.39, 0.29) is 16.5 Å². The van der Waals surface area contributed by atoms with Crippen LogP contribution in [0.3, 0.4) is 0 Å². The van der Waals surface area contributed by atoms with Crippen LogP contribution in [0, 0.1) is 5.41 Å². The molecule has 0 bridgehead atoms. The van der Waals surface area contributed by atoms with E-state index >= 15 is 0 Å². The van der Waals surface area contributed by atoms with E-state index in [1.54, 1.807) is 6.92 Å². The van der Waals surface area contributed by atoms with Crippen molar-refractivity contribution >= 4 is 23.5 Å². The maximum absolute atomic E-state index is 12.2. The molecule has 0 radical (unpaired) electrons. The number of nitrogens with zero attached hydrogens (tertiary/aromatic N) is 1. The topological polar surface area (TPSA) is 87.7 Å². The number of oxime groups is 1. The molecule has 1 atom stereocenters. The van der Waals surface area contributed by atoms with Crippen LogP contribution in [0.4, 0.5) is 0 Å². The molecule has 1 aliphatic carbocycles. The fourth-order valence-electron chi connectivity index (χ4n) is 2.03. The zero-order valence-electron chi connectivity index (χ0n) is 11.3. The Balaban J connectivity index is 2.63. The summed E-state index contributed by atoms with van der Waals surface area (Å²) in [6, 6.07) is 0. The van der Waals surface area contributed by atoms with E-state index in [1.807, 2.05) is 18.7 Å². The van der Waals surface area contributed by atoms with E-state index < -0.39 is 5.41 Å². The van der Waals surface area contributed by atoms with E-state index in [2.05, 4.69) is 16.7 Å². The molecule has 1 amide bonds. The maximum atomic E-state index is 12.2. The van der Waals surface area contributed by atoms with Crippen LogP contribution in [0.1, 0.15) is 39.5 Å². The molecule has 0 aliphatic heterocycles. The fourth-order valence-corrected chi connectivity index (χ4v) is 2.94. The van der Waals surface area contributed by atoms with Crippen molar-refractivity contribution < 1.29 is 10.0 Å². The lowest BCUT2D eigenvalue weighted by Crippen LogP contribution is -2.52. The third-order valence-corrected chi connectivity index (χ3v) is 5.57. The summed E-state index contributed by atoms with van der Waals surface area (Å²) in [6.45, 7) is 4.20. The van der Waals surface area contributed by atoms with Crippen LogP contribution in [0.25, 0.3) is 0 Å². The molecule has 0 saturated heterocycles. The number of hydrogen-bond donors (Lipinski definition) is 3. The molecule has 18 heavy (non-hydrogen) atoms. The monoisotopic (exact) mass is 273 g/mol. The maximum Gasteiger partial charge on any atom is 0.233 e. The highest BCUT2D eigenvalue weighted by Crippen LogP contribution is 2.42. The first kappa shape index (κ1) is 15.1. The Bertz CT molecular complexity index is 337. The van der Waals surface area contributed by atoms with Gasteiger partial charge in [-0.3, -0.25) is 4.79 Å². The molecule has 1 rings (SSSR count). The number of carbonyl (C=O) groups is 1. The van der Waals surface area contributed by atoms with E-state index in [1.165, 1.54) is 6.42 Å². The number of amides is 1. The summed E-state index contributed by atoms with van der Waals surface area (Å²) >= 11 is 1.81. The average molecular weight is 273 g/mol. The molecule has 5 nitrogen and oxygen atoms in total. The van der Waals surface area contributed by atoms with E-state index in [9.17, 15) is 4.79 Å². The number of nitrogens with one attached hydrogen (secondary N) is 1. The van der Waals surface area contributed by atoms with Gasteiger partial charge in [-0.05, 0) is 32.4 Å². The minimum atomic E-state index is -0.932. The molecule has 0 aromatic carbocycles. The minimum Gasteiger partial charge on any atom is -0.409 e. The van der Waals surface area contributed by atoms with Gasteiger partial charge in [-0.15, -0.1) is 0 Å². The first-order valence-corrected chi connectivity index (χ1v) is 7.48. The lowest BCUT2D eigenvalue weighted by Gasteiger charge is -2.41. The van der Waals surface area contributed by atoms with Gasteiger partial charge in [0.1, 0.15) is 5.41 Å². The second kappa shape index (κ2) is 5.82. The molecular weight excluding hydrogens is 250 g/mol. The predicted octanol–water partition coefficient (Wildman–Crippen LogP) is 1.55. The van der Waals surface area contributed by atoms with Crippen molar-refractivity contribution in [1.82, 2.24) is 5.32 Å². The Morgan fingerprint density at radius 2 is 2.22 bits per heavy atom. The van der Waals surface area contributed by atoms with Crippen LogP contribution < -0.4 is 11.1 Å². The second-order valence-electron chi connectivity index (χ2n) is 5.09. The third kappa shape index (κ3) is 2.74. The van der Waals surface area contributed by atoms with Gasteiger partial charge in [0.25, 0.3) is 0 Å². The number of amidine groups is 1. The molecule has 1 aliphatic rings. The normalized spacial score (nSPS) is 21.8. The van der Waals surface area contributed by atoms with E-state index in [0.29, 0.717) is 13.0 Å². The highest BCUT2D eigenvalue weighted by atomic mass is 32.2. The molecule has 1 unspecified atom stereocenters. The summed E-state index contributed by atoms with van der Waals surface area (Å²) in [4.78, 5) is 12.2. The summed E-state index contributed by atoms with van der Waals surface area (Å²) < 4.78 is 0.190. The molecule has 6 heteroatoms. The van der Waals surface area contributed by atoms with Gasteiger partial charge >= 0.3 is 0 Å². The van der Waals surface area contributed by atoms with Crippen LogP contribution in [0.5, 0.6) is 0 Å². The number of carbonyl (C=O) groups excluding carboxylic acids is 1. The van der Waals surface area contributed by atoms with Gasteiger partial charge in [0.05, 0.1) is 0 Å². The smallest absolute Gasteiger partial charge is 0.233 e. The van der Waals surface area contributed by atoms with E-state index in [4.69, 9.17) is 10.9 Å². The largest absolute Gasteiger partial charge is 0.409 e. The third-order valence-electron chi connectivity index (χ3n) is 4.15.